The molecule has 1 heterocycles. The average molecular weight is 245 g/mol. The highest BCUT2D eigenvalue weighted by Crippen LogP contribution is 2.26. The molecule has 1 fully saturated rings. The summed E-state index contributed by atoms with van der Waals surface area (Å²) in [7, 11) is 0. The molecule has 3 rings (SSSR count). The number of anilines is 1. The molecule has 94 valence electrons. The first-order valence-corrected chi connectivity index (χ1v) is 6.22. The Balaban J connectivity index is 2.00. The zero-order valence-corrected chi connectivity index (χ0v) is 10.6. The van der Waals surface area contributed by atoms with Crippen LogP contribution in [0.5, 0.6) is 0 Å². The third kappa shape index (κ3) is 2.10. The van der Waals surface area contributed by atoms with Gasteiger partial charge in [-0.3, -0.25) is 4.57 Å². The summed E-state index contributed by atoms with van der Waals surface area (Å²) in [6.07, 6.45) is 4.30. The summed E-state index contributed by atoms with van der Waals surface area (Å²) < 4.78 is 15.5. The molecular weight excluding hydrogens is 229 g/mol. The number of halogens is 1. The Kier molecular flexibility index (Phi) is 2.58. The monoisotopic (exact) mass is 245 g/mol. The number of hydrogen-bond acceptors (Lipinski definition) is 2. The van der Waals surface area contributed by atoms with Crippen LogP contribution in [0.2, 0.25) is 0 Å². The van der Waals surface area contributed by atoms with E-state index in [9.17, 15) is 4.39 Å². The van der Waals surface area contributed by atoms with Crippen LogP contribution in [0.25, 0.3) is 5.69 Å². The SMILES string of the molecule is Cc1cn(-c2ccc(C)c(F)c2)c(NC2CC2)n1. The quantitative estimate of drug-likeness (QED) is 0.900. The van der Waals surface area contributed by atoms with E-state index < -0.39 is 0 Å². The molecule has 1 aliphatic rings. The Morgan fingerprint density at radius 1 is 1.33 bits per heavy atom. The van der Waals surface area contributed by atoms with Crippen molar-refractivity contribution in [1.29, 1.82) is 0 Å². The third-order valence-corrected chi connectivity index (χ3v) is 3.17. The Morgan fingerprint density at radius 2 is 2.11 bits per heavy atom. The van der Waals surface area contributed by atoms with Crippen molar-refractivity contribution in [3.63, 3.8) is 0 Å². The van der Waals surface area contributed by atoms with Gasteiger partial charge >= 0.3 is 0 Å². The maximum atomic E-state index is 13.6. The van der Waals surface area contributed by atoms with E-state index in [0.717, 1.165) is 17.3 Å². The summed E-state index contributed by atoms with van der Waals surface area (Å²) in [5, 5.41) is 3.37. The van der Waals surface area contributed by atoms with E-state index in [1.807, 2.05) is 23.8 Å². The van der Waals surface area contributed by atoms with E-state index in [0.29, 0.717) is 11.6 Å². The second kappa shape index (κ2) is 4.12. The maximum absolute atomic E-state index is 13.6. The van der Waals surface area contributed by atoms with Crippen LogP contribution in [-0.4, -0.2) is 15.6 Å². The van der Waals surface area contributed by atoms with Crippen LogP contribution < -0.4 is 5.32 Å². The number of hydrogen-bond donors (Lipinski definition) is 1. The van der Waals surface area contributed by atoms with Crippen LogP contribution in [0, 0.1) is 19.7 Å². The molecule has 1 aliphatic carbocycles. The third-order valence-electron chi connectivity index (χ3n) is 3.17. The average Bonchev–Trinajstić information content (AvgIpc) is 3.06. The van der Waals surface area contributed by atoms with E-state index in [-0.39, 0.29) is 5.82 Å². The van der Waals surface area contributed by atoms with E-state index in [1.165, 1.54) is 12.8 Å². The minimum atomic E-state index is -0.184. The second-order valence-electron chi connectivity index (χ2n) is 4.93. The highest BCUT2D eigenvalue weighted by molar-refractivity contribution is 5.45. The molecule has 0 amide bonds. The molecule has 1 saturated carbocycles. The van der Waals surface area contributed by atoms with Crippen molar-refractivity contribution >= 4 is 5.95 Å². The number of nitrogens with one attached hydrogen (secondary N) is 1. The highest BCUT2D eigenvalue weighted by atomic mass is 19.1. The van der Waals surface area contributed by atoms with Gasteiger partial charge in [0, 0.05) is 12.2 Å². The molecule has 0 saturated heterocycles. The molecule has 0 unspecified atom stereocenters. The molecule has 3 nitrogen and oxygen atoms in total. The fraction of sp³-hybridized carbons (Fsp3) is 0.357. The van der Waals surface area contributed by atoms with Gasteiger partial charge in [0.05, 0.1) is 11.4 Å². The number of aromatic nitrogens is 2. The summed E-state index contributed by atoms with van der Waals surface area (Å²) in [6.45, 7) is 3.71. The summed E-state index contributed by atoms with van der Waals surface area (Å²) in [4.78, 5) is 4.45. The Bertz CT molecular complexity index is 585. The van der Waals surface area contributed by atoms with Gasteiger partial charge < -0.3 is 5.32 Å². The van der Waals surface area contributed by atoms with Crippen LogP contribution >= 0.6 is 0 Å². The molecule has 1 aromatic heterocycles. The van der Waals surface area contributed by atoms with Crippen molar-refractivity contribution in [3.05, 3.63) is 41.5 Å². The van der Waals surface area contributed by atoms with Crippen molar-refractivity contribution in [2.75, 3.05) is 5.32 Å². The number of imidazole rings is 1. The van der Waals surface area contributed by atoms with Crippen molar-refractivity contribution in [1.82, 2.24) is 9.55 Å². The van der Waals surface area contributed by atoms with Crippen LogP contribution in [0.1, 0.15) is 24.1 Å². The Labute approximate surface area is 106 Å². The first-order chi connectivity index (χ1) is 8.63. The van der Waals surface area contributed by atoms with Gasteiger partial charge in [0.15, 0.2) is 0 Å². The van der Waals surface area contributed by atoms with Gasteiger partial charge in [-0.15, -0.1) is 0 Å². The largest absolute Gasteiger partial charge is 0.353 e. The van der Waals surface area contributed by atoms with Crippen molar-refractivity contribution in [3.8, 4) is 5.69 Å². The maximum Gasteiger partial charge on any atom is 0.207 e. The van der Waals surface area contributed by atoms with E-state index in [1.54, 1.807) is 19.1 Å². The molecule has 0 atom stereocenters. The summed E-state index contributed by atoms with van der Waals surface area (Å²) in [5.74, 6) is 0.620. The molecule has 1 aromatic carbocycles. The standard InChI is InChI=1S/C14H16FN3/c1-9-3-6-12(7-13(9)15)18-8-10(2)16-14(18)17-11-4-5-11/h3,6-8,11H,4-5H2,1-2H3,(H,16,17). The predicted octanol–water partition coefficient (Wildman–Crippen LogP) is 3.20. The van der Waals surface area contributed by atoms with Gasteiger partial charge in [0.2, 0.25) is 5.95 Å². The molecule has 0 radical (unpaired) electrons. The lowest BCUT2D eigenvalue weighted by Crippen LogP contribution is -2.07. The molecule has 0 bridgehead atoms. The minimum Gasteiger partial charge on any atom is -0.353 e. The number of aryl methyl sites for hydroxylation is 2. The van der Waals surface area contributed by atoms with E-state index in [4.69, 9.17) is 0 Å². The minimum absolute atomic E-state index is 0.184. The van der Waals surface area contributed by atoms with Gasteiger partial charge in [-0.25, -0.2) is 9.37 Å². The molecule has 0 spiro atoms. The first-order valence-electron chi connectivity index (χ1n) is 6.22. The molecule has 18 heavy (non-hydrogen) atoms. The van der Waals surface area contributed by atoms with E-state index in [2.05, 4.69) is 10.3 Å². The Hall–Kier alpha value is -1.84. The number of benzene rings is 1. The van der Waals surface area contributed by atoms with Gasteiger partial charge in [-0.05, 0) is 44.4 Å². The van der Waals surface area contributed by atoms with Gasteiger partial charge in [0.25, 0.3) is 0 Å². The predicted molar refractivity (Wildman–Crippen MR) is 69.6 cm³/mol. The number of nitrogens with zero attached hydrogens (tertiary/aromatic N) is 2. The van der Waals surface area contributed by atoms with Crippen LogP contribution in [0.15, 0.2) is 24.4 Å². The lowest BCUT2D eigenvalue weighted by Gasteiger charge is -2.09. The summed E-state index contributed by atoms with van der Waals surface area (Å²) in [6, 6.07) is 5.79. The van der Waals surface area contributed by atoms with Gasteiger partial charge in [-0.2, -0.15) is 0 Å². The van der Waals surface area contributed by atoms with Crippen LogP contribution in [0.4, 0.5) is 10.3 Å². The zero-order chi connectivity index (χ0) is 12.7. The fourth-order valence-corrected chi connectivity index (χ4v) is 1.94. The molecule has 2 aromatic rings. The van der Waals surface area contributed by atoms with Crippen molar-refractivity contribution < 1.29 is 4.39 Å². The lowest BCUT2D eigenvalue weighted by atomic mass is 10.2. The van der Waals surface area contributed by atoms with Crippen molar-refractivity contribution in [2.24, 2.45) is 0 Å². The van der Waals surface area contributed by atoms with Crippen LogP contribution in [-0.2, 0) is 0 Å². The fourth-order valence-electron chi connectivity index (χ4n) is 1.94. The molecule has 1 N–H and O–H groups in total. The van der Waals surface area contributed by atoms with Crippen molar-refractivity contribution in [2.45, 2.75) is 32.7 Å². The van der Waals surface area contributed by atoms with Gasteiger partial charge in [0.1, 0.15) is 5.82 Å². The first kappa shape index (κ1) is 11.3. The molecular formula is C14H16FN3. The Morgan fingerprint density at radius 3 is 2.78 bits per heavy atom. The molecule has 4 heteroatoms. The lowest BCUT2D eigenvalue weighted by molar-refractivity contribution is 0.617. The van der Waals surface area contributed by atoms with Crippen LogP contribution in [0.3, 0.4) is 0 Å². The van der Waals surface area contributed by atoms with E-state index >= 15 is 0 Å². The number of rotatable bonds is 3. The summed E-state index contributed by atoms with van der Waals surface area (Å²) in [5.41, 5.74) is 2.40. The smallest absolute Gasteiger partial charge is 0.207 e. The molecule has 0 aliphatic heterocycles. The topological polar surface area (TPSA) is 29.9 Å². The second-order valence-corrected chi connectivity index (χ2v) is 4.93. The zero-order valence-electron chi connectivity index (χ0n) is 10.6. The van der Waals surface area contributed by atoms with Gasteiger partial charge in [-0.1, -0.05) is 6.07 Å². The summed E-state index contributed by atoms with van der Waals surface area (Å²) >= 11 is 0. The highest BCUT2D eigenvalue weighted by Gasteiger charge is 2.23. The normalized spacial score (nSPS) is 14.8.